The number of methoxy groups -OCH3 is 1. The summed E-state index contributed by atoms with van der Waals surface area (Å²) in [4.78, 5) is 40.7. The molecule has 156 valence electrons. The van der Waals surface area contributed by atoms with E-state index in [2.05, 4.69) is 4.99 Å². The first-order valence-electron chi connectivity index (χ1n) is 9.21. The molecule has 1 heterocycles. The van der Waals surface area contributed by atoms with Crippen molar-refractivity contribution in [3.05, 3.63) is 51.2 Å². The van der Waals surface area contributed by atoms with Gasteiger partial charge in [0, 0.05) is 29.5 Å². The first kappa shape index (κ1) is 22.3. The maximum Gasteiger partial charge on any atom is 0.336 e. The number of esters is 2. The SMILES string of the molecule is COC(=O)C1C(C)=NC(C)=C(C(=O)OCC(C)(C)C)C1c1cccc([N+](=O)[O-])c1. The number of nitro groups is 1. The molecule has 8 nitrogen and oxygen atoms in total. The van der Waals surface area contributed by atoms with Crippen LogP contribution in [-0.2, 0) is 19.1 Å². The van der Waals surface area contributed by atoms with Crippen molar-refractivity contribution >= 4 is 23.3 Å². The number of rotatable bonds is 5. The Hall–Kier alpha value is -3.03. The summed E-state index contributed by atoms with van der Waals surface area (Å²) < 4.78 is 10.4. The normalized spacial score (nSPS) is 19.4. The molecule has 1 aliphatic heterocycles. The van der Waals surface area contributed by atoms with E-state index in [9.17, 15) is 19.7 Å². The Balaban J connectivity index is 2.61. The number of benzene rings is 1. The second kappa shape index (κ2) is 8.55. The highest BCUT2D eigenvalue weighted by Crippen LogP contribution is 2.41. The molecule has 0 aromatic heterocycles. The number of hydrogen-bond donors (Lipinski definition) is 0. The van der Waals surface area contributed by atoms with Crippen LogP contribution in [0.3, 0.4) is 0 Å². The molecule has 2 atom stereocenters. The van der Waals surface area contributed by atoms with Crippen molar-refractivity contribution < 1.29 is 24.0 Å². The Kier molecular flexibility index (Phi) is 6.56. The second-order valence-electron chi connectivity index (χ2n) is 8.22. The van der Waals surface area contributed by atoms with Gasteiger partial charge in [-0.05, 0) is 24.8 Å². The number of non-ortho nitro benzene ring substituents is 1. The molecule has 0 amide bonds. The van der Waals surface area contributed by atoms with Gasteiger partial charge in [-0.2, -0.15) is 0 Å². The second-order valence-corrected chi connectivity index (χ2v) is 8.22. The molecule has 0 N–H and O–H groups in total. The number of allylic oxidation sites excluding steroid dienone is 1. The Labute approximate surface area is 169 Å². The molecule has 0 saturated carbocycles. The summed E-state index contributed by atoms with van der Waals surface area (Å²) in [5.74, 6) is -2.86. The molecule has 0 radical (unpaired) electrons. The Morgan fingerprint density at radius 3 is 2.45 bits per heavy atom. The largest absolute Gasteiger partial charge is 0.468 e. The molecular weight excluding hydrogens is 376 g/mol. The molecule has 0 fully saturated rings. The average molecular weight is 402 g/mol. The predicted octanol–water partition coefficient (Wildman–Crippen LogP) is 3.81. The van der Waals surface area contributed by atoms with Crippen molar-refractivity contribution in [2.24, 2.45) is 16.3 Å². The molecule has 0 aliphatic carbocycles. The molecule has 8 heteroatoms. The van der Waals surface area contributed by atoms with E-state index in [-0.39, 0.29) is 23.3 Å². The van der Waals surface area contributed by atoms with Gasteiger partial charge in [-0.15, -0.1) is 0 Å². The minimum Gasteiger partial charge on any atom is -0.468 e. The van der Waals surface area contributed by atoms with Crippen LogP contribution in [0.2, 0.25) is 0 Å². The summed E-state index contributed by atoms with van der Waals surface area (Å²) in [6, 6.07) is 5.89. The summed E-state index contributed by atoms with van der Waals surface area (Å²) in [6.45, 7) is 9.30. The number of nitro benzene ring substituents is 1. The van der Waals surface area contributed by atoms with E-state index in [1.54, 1.807) is 19.9 Å². The van der Waals surface area contributed by atoms with Gasteiger partial charge in [0.25, 0.3) is 5.69 Å². The van der Waals surface area contributed by atoms with Crippen LogP contribution in [0.5, 0.6) is 0 Å². The van der Waals surface area contributed by atoms with E-state index in [1.807, 2.05) is 20.8 Å². The zero-order valence-corrected chi connectivity index (χ0v) is 17.5. The summed E-state index contributed by atoms with van der Waals surface area (Å²) in [6.07, 6.45) is 0. The minimum atomic E-state index is -0.886. The molecule has 1 aromatic carbocycles. The Morgan fingerprint density at radius 2 is 1.90 bits per heavy atom. The summed E-state index contributed by atoms with van der Waals surface area (Å²) in [5.41, 5.74) is 1.16. The molecule has 0 bridgehead atoms. The number of hydrogen-bond acceptors (Lipinski definition) is 7. The topological polar surface area (TPSA) is 108 Å². The first-order valence-corrected chi connectivity index (χ1v) is 9.21. The number of nitrogens with zero attached hydrogens (tertiary/aromatic N) is 2. The van der Waals surface area contributed by atoms with Crippen molar-refractivity contribution in [2.45, 2.75) is 40.5 Å². The van der Waals surface area contributed by atoms with Gasteiger partial charge >= 0.3 is 11.9 Å². The average Bonchev–Trinajstić information content (AvgIpc) is 2.64. The standard InChI is InChI=1S/C21H26N2O6/c1-12-16(19(24)28-6)18(14-8-7-9-15(10-14)23(26)27)17(13(2)22-12)20(25)29-11-21(3,4)5/h7-10,16,18H,11H2,1-6H3. The van der Waals surface area contributed by atoms with E-state index in [1.165, 1.54) is 25.3 Å². The van der Waals surface area contributed by atoms with E-state index < -0.39 is 28.7 Å². The van der Waals surface area contributed by atoms with Gasteiger partial charge in [0.15, 0.2) is 0 Å². The van der Waals surface area contributed by atoms with Crippen LogP contribution < -0.4 is 0 Å². The maximum atomic E-state index is 13.0. The molecule has 0 spiro atoms. The number of aliphatic imine (C=N–C) groups is 1. The van der Waals surface area contributed by atoms with Gasteiger partial charge in [-0.3, -0.25) is 19.9 Å². The van der Waals surface area contributed by atoms with Crippen molar-refractivity contribution in [1.29, 1.82) is 0 Å². The highest BCUT2D eigenvalue weighted by atomic mass is 16.6. The molecule has 29 heavy (non-hydrogen) atoms. The quantitative estimate of drug-likeness (QED) is 0.421. The van der Waals surface area contributed by atoms with Crippen LogP contribution >= 0.6 is 0 Å². The fourth-order valence-corrected chi connectivity index (χ4v) is 3.29. The summed E-state index contributed by atoms with van der Waals surface area (Å²) in [7, 11) is 1.25. The van der Waals surface area contributed by atoms with Gasteiger partial charge in [-0.25, -0.2) is 4.79 Å². The van der Waals surface area contributed by atoms with Crippen LogP contribution in [0.15, 0.2) is 40.5 Å². The van der Waals surface area contributed by atoms with Gasteiger partial charge in [0.2, 0.25) is 0 Å². The van der Waals surface area contributed by atoms with Crippen molar-refractivity contribution in [1.82, 2.24) is 0 Å². The molecule has 2 unspecified atom stereocenters. The van der Waals surface area contributed by atoms with Crippen LogP contribution in [0.25, 0.3) is 0 Å². The highest BCUT2D eigenvalue weighted by molar-refractivity contribution is 6.07. The lowest BCUT2D eigenvalue weighted by Crippen LogP contribution is -2.36. The molecule has 2 rings (SSSR count). The third-order valence-electron chi connectivity index (χ3n) is 4.58. The maximum absolute atomic E-state index is 13.0. The lowest BCUT2D eigenvalue weighted by molar-refractivity contribution is -0.384. The smallest absolute Gasteiger partial charge is 0.336 e. The first-order chi connectivity index (χ1) is 13.5. The van der Waals surface area contributed by atoms with E-state index in [0.29, 0.717) is 17.0 Å². The minimum absolute atomic E-state index is 0.133. The Bertz CT molecular complexity index is 895. The van der Waals surface area contributed by atoms with Crippen molar-refractivity contribution in [2.75, 3.05) is 13.7 Å². The monoisotopic (exact) mass is 402 g/mol. The van der Waals surface area contributed by atoms with Crippen LogP contribution in [0, 0.1) is 21.4 Å². The van der Waals surface area contributed by atoms with Crippen molar-refractivity contribution in [3.8, 4) is 0 Å². The molecule has 0 saturated heterocycles. The lowest BCUT2D eigenvalue weighted by atomic mass is 9.75. The van der Waals surface area contributed by atoms with Gasteiger partial charge in [0.1, 0.15) is 5.92 Å². The number of carbonyl (C=O) groups excluding carboxylic acids is 2. The van der Waals surface area contributed by atoms with Crippen LogP contribution in [-0.4, -0.2) is 36.3 Å². The zero-order valence-electron chi connectivity index (χ0n) is 17.5. The zero-order chi connectivity index (χ0) is 21.9. The molecule has 1 aromatic rings. The van der Waals surface area contributed by atoms with Crippen LogP contribution in [0.1, 0.15) is 46.1 Å². The summed E-state index contributed by atoms with van der Waals surface area (Å²) >= 11 is 0. The van der Waals surface area contributed by atoms with Gasteiger partial charge < -0.3 is 9.47 Å². The Morgan fingerprint density at radius 1 is 1.24 bits per heavy atom. The van der Waals surface area contributed by atoms with Crippen molar-refractivity contribution in [3.63, 3.8) is 0 Å². The van der Waals surface area contributed by atoms with Gasteiger partial charge in [-0.1, -0.05) is 32.9 Å². The van der Waals surface area contributed by atoms with Gasteiger partial charge in [0.05, 0.1) is 24.2 Å². The molecular formula is C21H26N2O6. The molecule has 1 aliphatic rings. The third-order valence-corrected chi connectivity index (χ3v) is 4.58. The van der Waals surface area contributed by atoms with E-state index >= 15 is 0 Å². The van der Waals surface area contributed by atoms with Crippen LogP contribution in [0.4, 0.5) is 5.69 Å². The predicted molar refractivity (Wildman–Crippen MR) is 108 cm³/mol. The highest BCUT2D eigenvalue weighted by Gasteiger charge is 2.42. The third kappa shape index (κ3) is 5.07. The van der Waals surface area contributed by atoms with E-state index in [4.69, 9.17) is 9.47 Å². The number of ether oxygens (including phenoxy) is 2. The summed E-state index contributed by atoms with van der Waals surface area (Å²) in [5, 5.41) is 11.3. The lowest BCUT2D eigenvalue weighted by Gasteiger charge is -2.31. The number of carbonyl (C=O) groups is 2. The van der Waals surface area contributed by atoms with E-state index in [0.717, 1.165) is 0 Å². The fraction of sp³-hybridized carbons (Fsp3) is 0.476. The fourth-order valence-electron chi connectivity index (χ4n) is 3.29.